The first-order valence-corrected chi connectivity index (χ1v) is 8.59. The maximum Gasteiger partial charge on any atom is 0.433 e. The molecule has 2 aromatic rings. The van der Waals surface area contributed by atoms with E-state index < -0.39 is 23.6 Å². The van der Waals surface area contributed by atoms with Crippen molar-refractivity contribution in [2.24, 2.45) is 0 Å². The fourth-order valence-corrected chi connectivity index (χ4v) is 3.02. The van der Waals surface area contributed by atoms with Gasteiger partial charge in [0.15, 0.2) is 5.69 Å². The van der Waals surface area contributed by atoms with E-state index in [1.165, 1.54) is 17.9 Å². The number of fused-ring (bicyclic) bond motifs is 1. The highest BCUT2D eigenvalue weighted by Crippen LogP contribution is 2.37. The Hall–Kier alpha value is -2.57. The maximum absolute atomic E-state index is 13.4. The van der Waals surface area contributed by atoms with Gasteiger partial charge in [-0.05, 0) is 56.5 Å². The number of nitrogens with zero attached hydrogens (tertiary/aromatic N) is 2. The number of halogens is 3. The van der Waals surface area contributed by atoms with Crippen LogP contribution in [0.2, 0.25) is 0 Å². The second-order valence-corrected chi connectivity index (χ2v) is 7.67. The normalized spacial score (nSPS) is 14.3. The fraction of sp³-hybridized carbons (Fsp3) is 0.400. The van der Waals surface area contributed by atoms with Crippen molar-refractivity contribution in [1.29, 1.82) is 0 Å². The van der Waals surface area contributed by atoms with Gasteiger partial charge in [-0.15, -0.1) is 0 Å². The molecule has 1 aliphatic heterocycles. The van der Waals surface area contributed by atoms with Crippen LogP contribution < -0.4 is 0 Å². The molecule has 0 fully saturated rings. The smallest absolute Gasteiger partial charge is 0.433 e. The van der Waals surface area contributed by atoms with Gasteiger partial charge in [0.25, 0.3) is 0 Å². The molecule has 1 aromatic carbocycles. The van der Waals surface area contributed by atoms with Crippen LogP contribution in [0.1, 0.15) is 43.3 Å². The van der Waals surface area contributed by atoms with Crippen LogP contribution in [0.3, 0.4) is 0 Å². The van der Waals surface area contributed by atoms with Gasteiger partial charge in [0.2, 0.25) is 0 Å². The molecule has 0 atom stereocenters. The van der Waals surface area contributed by atoms with Crippen LogP contribution in [-0.4, -0.2) is 21.6 Å². The van der Waals surface area contributed by atoms with E-state index >= 15 is 0 Å². The number of carbonyl (C=O) groups excluding carboxylic acids is 1. The zero-order valence-corrected chi connectivity index (χ0v) is 15.6. The summed E-state index contributed by atoms with van der Waals surface area (Å²) in [6.07, 6.45) is -4.98. The summed E-state index contributed by atoms with van der Waals surface area (Å²) in [7, 11) is 0. The molecule has 144 valence electrons. The predicted octanol–water partition coefficient (Wildman–Crippen LogP) is 5.33. The number of hydrogen-bond acceptors (Lipinski definition) is 3. The van der Waals surface area contributed by atoms with E-state index in [1.807, 2.05) is 0 Å². The van der Waals surface area contributed by atoms with E-state index in [-0.39, 0.29) is 5.56 Å². The van der Waals surface area contributed by atoms with Crippen molar-refractivity contribution < 1.29 is 22.7 Å². The summed E-state index contributed by atoms with van der Waals surface area (Å²) < 4.78 is 45.5. The molecule has 1 amide bonds. The Kier molecular flexibility index (Phi) is 4.66. The summed E-state index contributed by atoms with van der Waals surface area (Å²) in [5.41, 5.74) is 0.982. The molecule has 7 heteroatoms. The third-order valence-electron chi connectivity index (χ3n) is 4.19. The largest absolute Gasteiger partial charge is 0.444 e. The molecule has 0 saturated heterocycles. The Bertz CT molecular complexity index is 886. The Balaban J connectivity index is 1.91. The molecule has 0 spiro atoms. The molecule has 4 nitrogen and oxygen atoms in total. The molecule has 0 aliphatic carbocycles. The summed E-state index contributed by atoms with van der Waals surface area (Å²) in [5, 5.41) is 0. The fourth-order valence-electron chi connectivity index (χ4n) is 3.02. The number of rotatable bonds is 1. The molecule has 0 bridgehead atoms. The number of benzene rings is 1. The quantitative estimate of drug-likeness (QED) is 0.674. The van der Waals surface area contributed by atoms with Crippen molar-refractivity contribution in [3.63, 3.8) is 0 Å². The summed E-state index contributed by atoms with van der Waals surface area (Å²) >= 11 is 0. The Morgan fingerprint density at radius 3 is 2.37 bits per heavy atom. The highest BCUT2D eigenvalue weighted by molar-refractivity contribution is 5.72. The summed E-state index contributed by atoms with van der Waals surface area (Å²) in [4.78, 5) is 17.5. The highest BCUT2D eigenvalue weighted by Gasteiger charge is 2.36. The second-order valence-electron chi connectivity index (χ2n) is 7.67. The number of ether oxygens (including phenoxy) is 1. The summed E-state index contributed by atoms with van der Waals surface area (Å²) in [5.74, 6) is 0. The molecule has 0 radical (unpaired) electrons. The minimum absolute atomic E-state index is 0.0339. The third-order valence-corrected chi connectivity index (χ3v) is 4.19. The van der Waals surface area contributed by atoms with Crippen molar-refractivity contribution in [2.45, 2.75) is 52.6 Å². The van der Waals surface area contributed by atoms with Crippen molar-refractivity contribution >= 4 is 6.09 Å². The second kappa shape index (κ2) is 6.55. The van der Waals surface area contributed by atoms with Gasteiger partial charge in [-0.3, -0.25) is 4.90 Å². The lowest BCUT2D eigenvalue weighted by Gasteiger charge is -2.24. The van der Waals surface area contributed by atoms with E-state index in [2.05, 4.69) is 4.98 Å². The molecule has 1 aliphatic rings. The van der Waals surface area contributed by atoms with Crippen molar-refractivity contribution in [3.8, 4) is 11.1 Å². The standard InChI is InChI=1S/C20H21F3N2O2/c1-12-5-8-16(17(24-12)20(21,22)23)13-6-7-14-10-25(11-15(14)9-13)18(26)27-19(2,3)4/h5-9H,10-11H2,1-4H3. The molecular formula is C20H21F3N2O2. The molecule has 27 heavy (non-hydrogen) atoms. The van der Waals surface area contributed by atoms with Crippen molar-refractivity contribution in [2.75, 3.05) is 0 Å². The van der Waals surface area contributed by atoms with Gasteiger partial charge in [-0.2, -0.15) is 13.2 Å². The van der Waals surface area contributed by atoms with Gasteiger partial charge in [-0.25, -0.2) is 9.78 Å². The van der Waals surface area contributed by atoms with E-state index in [9.17, 15) is 18.0 Å². The Morgan fingerprint density at radius 1 is 1.07 bits per heavy atom. The van der Waals surface area contributed by atoms with Gasteiger partial charge >= 0.3 is 12.3 Å². The molecule has 3 rings (SSSR count). The number of hydrogen-bond donors (Lipinski definition) is 0. The molecule has 0 N–H and O–H groups in total. The van der Waals surface area contributed by atoms with Crippen LogP contribution in [0.4, 0.5) is 18.0 Å². The zero-order chi connectivity index (χ0) is 20.0. The molecule has 1 aromatic heterocycles. The van der Waals surface area contributed by atoms with Gasteiger partial charge in [0.1, 0.15) is 5.60 Å². The van der Waals surface area contributed by atoms with Gasteiger partial charge < -0.3 is 4.74 Å². The SMILES string of the molecule is Cc1ccc(-c2ccc3c(c2)CN(C(=O)OC(C)(C)C)C3)c(C(F)(F)F)n1. The van der Waals surface area contributed by atoms with E-state index in [0.29, 0.717) is 24.3 Å². The van der Waals surface area contributed by atoms with E-state index in [0.717, 1.165) is 11.1 Å². The lowest BCUT2D eigenvalue weighted by Crippen LogP contribution is -2.33. The van der Waals surface area contributed by atoms with Gasteiger partial charge in [-0.1, -0.05) is 18.2 Å². The van der Waals surface area contributed by atoms with Crippen molar-refractivity contribution in [1.82, 2.24) is 9.88 Å². The minimum atomic E-state index is -4.54. The minimum Gasteiger partial charge on any atom is -0.444 e. The number of aryl methyl sites for hydroxylation is 1. The average molecular weight is 378 g/mol. The zero-order valence-electron chi connectivity index (χ0n) is 15.6. The van der Waals surface area contributed by atoms with E-state index in [1.54, 1.807) is 45.0 Å². The number of amides is 1. The van der Waals surface area contributed by atoms with Crippen LogP contribution in [0, 0.1) is 6.92 Å². The van der Waals surface area contributed by atoms with Crippen LogP contribution in [0.15, 0.2) is 30.3 Å². The number of pyridine rings is 1. The molecular weight excluding hydrogens is 357 g/mol. The Morgan fingerprint density at radius 2 is 1.74 bits per heavy atom. The highest BCUT2D eigenvalue weighted by atomic mass is 19.4. The van der Waals surface area contributed by atoms with Crippen LogP contribution in [0.25, 0.3) is 11.1 Å². The Labute approximate surface area is 156 Å². The number of carbonyl (C=O) groups is 1. The lowest BCUT2D eigenvalue weighted by molar-refractivity contribution is -0.140. The average Bonchev–Trinajstić information content (AvgIpc) is 2.95. The number of aromatic nitrogens is 1. The van der Waals surface area contributed by atoms with Crippen LogP contribution in [0.5, 0.6) is 0 Å². The molecule has 0 unspecified atom stereocenters. The summed E-state index contributed by atoms with van der Waals surface area (Å²) in [6, 6.07) is 8.09. The van der Waals surface area contributed by atoms with Gasteiger partial charge in [0, 0.05) is 24.3 Å². The third kappa shape index (κ3) is 4.23. The van der Waals surface area contributed by atoms with E-state index in [4.69, 9.17) is 4.74 Å². The topological polar surface area (TPSA) is 42.4 Å². The monoisotopic (exact) mass is 378 g/mol. The lowest BCUT2D eigenvalue weighted by atomic mass is 9.99. The van der Waals surface area contributed by atoms with Crippen molar-refractivity contribution in [3.05, 3.63) is 52.8 Å². The number of alkyl halides is 3. The maximum atomic E-state index is 13.4. The molecule has 2 heterocycles. The van der Waals surface area contributed by atoms with Gasteiger partial charge in [0.05, 0.1) is 0 Å². The first kappa shape index (κ1) is 19.2. The van der Waals surface area contributed by atoms with Crippen LogP contribution in [-0.2, 0) is 24.0 Å². The van der Waals surface area contributed by atoms with Crippen LogP contribution >= 0.6 is 0 Å². The first-order valence-electron chi connectivity index (χ1n) is 8.59. The first-order chi connectivity index (χ1) is 12.4. The predicted molar refractivity (Wildman–Crippen MR) is 94.9 cm³/mol. The molecule has 0 saturated carbocycles. The summed E-state index contributed by atoms with van der Waals surface area (Å²) in [6.45, 7) is 7.57.